The van der Waals surface area contributed by atoms with Crippen molar-refractivity contribution < 1.29 is 19.1 Å². The predicted molar refractivity (Wildman–Crippen MR) is 135 cm³/mol. The Hall–Kier alpha value is -3.44. The zero-order chi connectivity index (χ0) is 24.6. The molecule has 1 N–H and O–H groups in total. The van der Waals surface area contributed by atoms with E-state index < -0.39 is 5.60 Å². The van der Waals surface area contributed by atoms with E-state index in [9.17, 15) is 9.59 Å². The highest BCUT2D eigenvalue weighted by Crippen LogP contribution is 2.26. The van der Waals surface area contributed by atoms with Crippen LogP contribution in [0.3, 0.4) is 0 Å². The number of rotatable bonds is 9. The van der Waals surface area contributed by atoms with Crippen LogP contribution in [-0.2, 0) is 22.4 Å². The van der Waals surface area contributed by atoms with Gasteiger partial charge in [0.1, 0.15) is 5.60 Å². The number of esters is 2. The van der Waals surface area contributed by atoms with Crippen molar-refractivity contribution in [2.45, 2.75) is 45.8 Å². The molecule has 5 heteroatoms. The summed E-state index contributed by atoms with van der Waals surface area (Å²) in [5.41, 5.74) is 4.76. The van der Waals surface area contributed by atoms with E-state index >= 15 is 0 Å². The maximum absolute atomic E-state index is 12.6. The van der Waals surface area contributed by atoms with Crippen LogP contribution >= 0.6 is 0 Å². The van der Waals surface area contributed by atoms with E-state index in [1.54, 1.807) is 12.1 Å². The molecule has 0 heterocycles. The van der Waals surface area contributed by atoms with Gasteiger partial charge in [0.25, 0.3) is 0 Å². The number of benzene rings is 3. The third kappa shape index (κ3) is 7.29. The molecule has 3 aromatic carbocycles. The molecule has 34 heavy (non-hydrogen) atoms. The van der Waals surface area contributed by atoms with Gasteiger partial charge in [0.05, 0.1) is 18.2 Å². The van der Waals surface area contributed by atoms with E-state index in [-0.39, 0.29) is 11.9 Å². The SMILES string of the molecule is COC(=O)c1cccc(CCCNCc2ccc(-c3ccccc3C(=O)OC(C)(C)C)cc2)c1. The smallest absolute Gasteiger partial charge is 0.339 e. The summed E-state index contributed by atoms with van der Waals surface area (Å²) in [5, 5.41) is 3.47. The first-order valence-electron chi connectivity index (χ1n) is 11.6. The number of carbonyl (C=O) groups is 2. The van der Waals surface area contributed by atoms with Crippen LogP contribution in [0, 0.1) is 0 Å². The molecule has 5 nitrogen and oxygen atoms in total. The van der Waals surface area contributed by atoms with Crippen LogP contribution < -0.4 is 5.32 Å². The van der Waals surface area contributed by atoms with Crippen molar-refractivity contribution in [1.29, 1.82) is 0 Å². The molecular formula is C29H33NO4. The van der Waals surface area contributed by atoms with Gasteiger partial charge in [-0.25, -0.2) is 9.59 Å². The summed E-state index contributed by atoms with van der Waals surface area (Å²) in [7, 11) is 1.39. The summed E-state index contributed by atoms with van der Waals surface area (Å²) in [5.74, 6) is -0.622. The van der Waals surface area contributed by atoms with Crippen LogP contribution in [0.4, 0.5) is 0 Å². The summed E-state index contributed by atoms with van der Waals surface area (Å²) in [6, 6.07) is 23.3. The zero-order valence-electron chi connectivity index (χ0n) is 20.4. The number of methoxy groups -OCH3 is 1. The Bertz CT molecular complexity index is 1110. The minimum absolute atomic E-state index is 0.308. The third-order valence-corrected chi connectivity index (χ3v) is 5.31. The largest absolute Gasteiger partial charge is 0.465 e. The van der Waals surface area contributed by atoms with Gasteiger partial charge in [-0.15, -0.1) is 0 Å². The number of hydrogen-bond donors (Lipinski definition) is 1. The van der Waals surface area contributed by atoms with E-state index in [0.29, 0.717) is 11.1 Å². The monoisotopic (exact) mass is 459 g/mol. The van der Waals surface area contributed by atoms with Gasteiger partial charge in [-0.3, -0.25) is 0 Å². The first kappa shape index (κ1) is 25.2. The molecule has 3 aromatic rings. The van der Waals surface area contributed by atoms with Gasteiger partial charge >= 0.3 is 11.9 Å². The third-order valence-electron chi connectivity index (χ3n) is 5.31. The van der Waals surface area contributed by atoms with Gasteiger partial charge in [-0.05, 0) is 80.6 Å². The molecular weight excluding hydrogens is 426 g/mol. The Morgan fingerprint density at radius 3 is 2.29 bits per heavy atom. The van der Waals surface area contributed by atoms with Gasteiger partial charge in [0.15, 0.2) is 0 Å². The van der Waals surface area contributed by atoms with Crippen molar-refractivity contribution in [2.75, 3.05) is 13.7 Å². The van der Waals surface area contributed by atoms with E-state index in [4.69, 9.17) is 9.47 Å². The second kappa shape index (κ2) is 11.6. The fraction of sp³-hybridized carbons (Fsp3) is 0.310. The average molecular weight is 460 g/mol. The maximum atomic E-state index is 12.6. The second-order valence-corrected chi connectivity index (χ2v) is 9.22. The van der Waals surface area contributed by atoms with E-state index in [2.05, 4.69) is 17.4 Å². The number of carbonyl (C=O) groups excluding carboxylic acids is 2. The summed E-state index contributed by atoms with van der Waals surface area (Å²) >= 11 is 0. The highest BCUT2D eigenvalue weighted by atomic mass is 16.6. The van der Waals surface area contributed by atoms with Crippen LogP contribution in [0.5, 0.6) is 0 Å². The summed E-state index contributed by atoms with van der Waals surface area (Å²) < 4.78 is 10.4. The molecule has 0 aliphatic rings. The normalized spacial score (nSPS) is 11.2. The van der Waals surface area contributed by atoms with Crippen molar-refractivity contribution in [3.05, 3.63) is 95.1 Å². The molecule has 0 aliphatic carbocycles. The molecule has 0 fully saturated rings. The Balaban J connectivity index is 1.52. The van der Waals surface area contributed by atoms with E-state index in [1.807, 2.05) is 69.3 Å². The van der Waals surface area contributed by atoms with Gasteiger partial charge < -0.3 is 14.8 Å². The lowest BCUT2D eigenvalue weighted by Crippen LogP contribution is -2.24. The van der Waals surface area contributed by atoms with Crippen LogP contribution in [0.15, 0.2) is 72.8 Å². The van der Waals surface area contributed by atoms with Crippen molar-refractivity contribution >= 4 is 11.9 Å². The molecule has 0 radical (unpaired) electrons. The van der Waals surface area contributed by atoms with E-state index in [0.717, 1.165) is 42.6 Å². The van der Waals surface area contributed by atoms with Crippen molar-refractivity contribution in [2.24, 2.45) is 0 Å². The molecule has 0 amide bonds. The molecule has 0 aromatic heterocycles. The highest BCUT2D eigenvalue weighted by Gasteiger charge is 2.20. The lowest BCUT2D eigenvalue weighted by molar-refractivity contribution is 0.00702. The molecule has 0 spiro atoms. The van der Waals surface area contributed by atoms with Crippen LogP contribution in [0.2, 0.25) is 0 Å². The maximum Gasteiger partial charge on any atom is 0.339 e. The number of nitrogens with one attached hydrogen (secondary N) is 1. The zero-order valence-corrected chi connectivity index (χ0v) is 20.4. The quantitative estimate of drug-likeness (QED) is 0.323. The Kier molecular flexibility index (Phi) is 8.61. The van der Waals surface area contributed by atoms with Gasteiger partial charge in [0.2, 0.25) is 0 Å². The molecule has 0 atom stereocenters. The number of hydrogen-bond acceptors (Lipinski definition) is 5. The standard InChI is InChI=1S/C29H33NO4/c1-29(2,3)34-28(32)26-13-6-5-12-25(26)23-16-14-22(15-17-23)20-30-18-8-10-21-9-7-11-24(19-21)27(31)33-4/h5-7,9,11-17,19,30H,8,10,18,20H2,1-4H3. The highest BCUT2D eigenvalue weighted by molar-refractivity contribution is 5.97. The molecule has 0 saturated heterocycles. The fourth-order valence-electron chi connectivity index (χ4n) is 3.67. The lowest BCUT2D eigenvalue weighted by Gasteiger charge is -2.20. The molecule has 0 unspecified atom stereocenters. The van der Waals surface area contributed by atoms with Gasteiger partial charge in [0, 0.05) is 6.54 Å². The molecule has 178 valence electrons. The Morgan fingerprint density at radius 1 is 0.853 bits per heavy atom. The Morgan fingerprint density at radius 2 is 1.59 bits per heavy atom. The van der Waals surface area contributed by atoms with Crippen molar-refractivity contribution in [3.8, 4) is 11.1 Å². The van der Waals surface area contributed by atoms with Gasteiger partial charge in [-0.2, -0.15) is 0 Å². The van der Waals surface area contributed by atoms with Crippen LogP contribution in [-0.4, -0.2) is 31.2 Å². The minimum Gasteiger partial charge on any atom is -0.465 e. The summed E-state index contributed by atoms with van der Waals surface area (Å²) in [6.45, 7) is 7.24. The van der Waals surface area contributed by atoms with Crippen LogP contribution in [0.25, 0.3) is 11.1 Å². The predicted octanol–water partition coefficient (Wildman–Crippen LogP) is 5.82. The number of ether oxygens (including phenoxy) is 2. The fourth-order valence-corrected chi connectivity index (χ4v) is 3.67. The topological polar surface area (TPSA) is 64.6 Å². The van der Waals surface area contributed by atoms with Crippen molar-refractivity contribution in [1.82, 2.24) is 5.32 Å². The lowest BCUT2D eigenvalue weighted by atomic mass is 9.98. The molecule has 0 aliphatic heterocycles. The summed E-state index contributed by atoms with van der Waals surface area (Å²) in [4.78, 5) is 24.3. The van der Waals surface area contributed by atoms with E-state index in [1.165, 1.54) is 12.7 Å². The minimum atomic E-state index is -0.538. The second-order valence-electron chi connectivity index (χ2n) is 9.22. The Labute approximate surface area is 202 Å². The number of aryl methyl sites for hydroxylation is 1. The molecule has 0 saturated carbocycles. The summed E-state index contributed by atoms with van der Waals surface area (Å²) in [6.07, 6.45) is 1.85. The molecule has 3 rings (SSSR count). The van der Waals surface area contributed by atoms with Gasteiger partial charge in [-0.1, -0.05) is 54.6 Å². The average Bonchev–Trinajstić information content (AvgIpc) is 2.83. The first-order chi connectivity index (χ1) is 16.3. The van der Waals surface area contributed by atoms with Crippen LogP contribution in [0.1, 0.15) is 59.0 Å². The first-order valence-corrected chi connectivity index (χ1v) is 11.6. The molecule has 0 bridgehead atoms. The van der Waals surface area contributed by atoms with Crippen molar-refractivity contribution in [3.63, 3.8) is 0 Å².